The van der Waals surface area contributed by atoms with Gasteiger partial charge in [-0.05, 0) is 26.7 Å². The summed E-state index contributed by atoms with van der Waals surface area (Å²) < 4.78 is 30.6. The number of rotatable bonds is 10. The van der Waals surface area contributed by atoms with Crippen molar-refractivity contribution in [3.05, 3.63) is 0 Å². The average Bonchev–Trinajstić information content (AvgIpc) is 2.18. The quantitative estimate of drug-likeness (QED) is 0.368. The van der Waals surface area contributed by atoms with E-state index in [1.54, 1.807) is 13.8 Å². The first-order valence-corrected chi connectivity index (χ1v) is 8.94. The first-order valence-electron chi connectivity index (χ1n) is 6.92. The SMILES string of the molecule is CCCCCCCCC(=S)NC(C)(C)CS(=O)(=O)O. The van der Waals surface area contributed by atoms with E-state index in [9.17, 15) is 8.42 Å². The van der Waals surface area contributed by atoms with Gasteiger partial charge in [-0.15, -0.1) is 0 Å². The van der Waals surface area contributed by atoms with Crippen LogP contribution in [0.4, 0.5) is 0 Å². The molecule has 0 aromatic rings. The van der Waals surface area contributed by atoms with Crippen LogP contribution in [-0.2, 0) is 10.1 Å². The largest absolute Gasteiger partial charge is 0.374 e. The van der Waals surface area contributed by atoms with Crippen molar-refractivity contribution in [1.82, 2.24) is 5.32 Å². The fourth-order valence-corrected chi connectivity index (χ4v) is 3.40. The molecule has 0 amide bonds. The van der Waals surface area contributed by atoms with Gasteiger partial charge in [-0.25, -0.2) is 0 Å². The lowest BCUT2D eigenvalue weighted by Gasteiger charge is -2.26. The van der Waals surface area contributed by atoms with Gasteiger partial charge in [0.1, 0.15) is 0 Å². The molecule has 0 atom stereocenters. The van der Waals surface area contributed by atoms with Gasteiger partial charge in [-0.2, -0.15) is 8.42 Å². The van der Waals surface area contributed by atoms with Crippen molar-refractivity contribution in [2.45, 2.75) is 71.3 Å². The van der Waals surface area contributed by atoms with Crippen molar-refractivity contribution in [3.63, 3.8) is 0 Å². The highest BCUT2D eigenvalue weighted by Gasteiger charge is 2.25. The molecule has 0 unspecified atom stereocenters. The summed E-state index contributed by atoms with van der Waals surface area (Å²) in [5.41, 5.74) is -0.729. The van der Waals surface area contributed by atoms with E-state index < -0.39 is 15.7 Å². The number of unbranched alkanes of at least 4 members (excludes halogenated alkanes) is 5. The Balaban J connectivity index is 3.85. The van der Waals surface area contributed by atoms with E-state index in [0.717, 1.165) is 19.3 Å². The summed E-state index contributed by atoms with van der Waals surface area (Å²) in [6.45, 7) is 5.62. The predicted molar refractivity (Wildman–Crippen MR) is 84.2 cm³/mol. The minimum atomic E-state index is -3.99. The minimum Gasteiger partial charge on any atom is -0.374 e. The Bertz CT molecular complexity index is 364. The predicted octanol–water partition coefficient (Wildman–Crippen LogP) is 3.32. The van der Waals surface area contributed by atoms with Crippen molar-refractivity contribution in [1.29, 1.82) is 0 Å². The van der Waals surface area contributed by atoms with Gasteiger partial charge in [0.15, 0.2) is 0 Å². The molecule has 0 bridgehead atoms. The second kappa shape index (κ2) is 8.87. The Morgan fingerprint density at radius 3 is 2.21 bits per heavy atom. The fourth-order valence-electron chi connectivity index (χ4n) is 2.00. The Morgan fingerprint density at radius 1 is 1.16 bits per heavy atom. The molecule has 0 spiro atoms. The van der Waals surface area contributed by atoms with Crippen molar-refractivity contribution in [3.8, 4) is 0 Å². The highest BCUT2D eigenvalue weighted by atomic mass is 32.2. The molecule has 0 aliphatic carbocycles. The normalized spacial score (nSPS) is 12.4. The van der Waals surface area contributed by atoms with Crippen LogP contribution in [0.2, 0.25) is 0 Å². The minimum absolute atomic E-state index is 0.337. The Hall–Kier alpha value is -0.200. The van der Waals surface area contributed by atoms with Gasteiger partial charge in [-0.1, -0.05) is 51.2 Å². The van der Waals surface area contributed by atoms with E-state index in [2.05, 4.69) is 12.2 Å². The summed E-state index contributed by atoms with van der Waals surface area (Å²) in [6.07, 6.45) is 7.97. The fraction of sp³-hybridized carbons (Fsp3) is 0.923. The molecule has 19 heavy (non-hydrogen) atoms. The van der Waals surface area contributed by atoms with Gasteiger partial charge < -0.3 is 5.32 Å². The maximum absolute atomic E-state index is 10.9. The zero-order chi connectivity index (χ0) is 14.9. The van der Waals surface area contributed by atoms with Crippen LogP contribution in [0.3, 0.4) is 0 Å². The third-order valence-electron chi connectivity index (χ3n) is 2.78. The second-order valence-corrected chi connectivity index (χ2v) is 7.62. The van der Waals surface area contributed by atoms with Crippen LogP contribution in [0.5, 0.6) is 0 Å². The summed E-state index contributed by atoms with van der Waals surface area (Å²) >= 11 is 5.20. The average molecular weight is 309 g/mol. The number of thiocarbonyl (C=S) groups is 1. The molecule has 6 heteroatoms. The lowest BCUT2D eigenvalue weighted by molar-refractivity contribution is 0.444. The molecule has 0 aliphatic heterocycles. The van der Waals surface area contributed by atoms with Gasteiger partial charge in [0.2, 0.25) is 0 Å². The van der Waals surface area contributed by atoms with Crippen molar-refractivity contribution in [2.24, 2.45) is 0 Å². The molecular weight excluding hydrogens is 282 g/mol. The summed E-state index contributed by atoms with van der Waals surface area (Å²) in [6, 6.07) is 0. The van der Waals surface area contributed by atoms with E-state index in [-0.39, 0.29) is 5.75 Å². The van der Waals surface area contributed by atoms with Crippen LogP contribution in [0.1, 0.15) is 65.7 Å². The van der Waals surface area contributed by atoms with Crippen LogP contribution in [0, 0.1) is 0 Å². The van der Waals surface area contributed by atoms with Gasteiger partial charge in [0.05, 0.1) is 10.7 Å². The van der Waals surface area contributed by atoms with E-state index in [1.807, 2.05) is 0 Å². The van der Waals surface area contributed by atoms with E-state index in [4.69, 9.17) is 16.8 Å². The molecule has 0 aromatic carbocycles. The number of nitrogens with one attached hydrogen (secondary N) is 1. The summed E-state index contributed by atoms with van der Waals surface area (Å²) in [7, 11) is -3.99. The summed E-state index contributed by atoms with van der Waals surface area (Å²) in [4.78, 5) is 0.671. The highest BCUT2D eigenvalue weighted by molar-refractivity contribution is 7.85. The van der Waals surface area contributed by atoms with Crippen LogP contribution < -0.4 is 5.32 Å². The summed E-state index contributed by atoms with van der Waals surface area (Å²) in [5.74, 6) is -0.337. The van der Waals surface area contributed by atoms with Crippen LogP contribution >= 0.6 is 12.2 Å². The number of hydrogen-bond acceptors (Lipinski definition) is 3. The zero-order valence-corrected chi connectivity index (χ0v) is 13.9. The molecular formula is C13H27NO3S2. The third kappa shape index (κ3) is 12.6. The molecule has 0 rings (SSSR count). The molecule has 0 aliphatic rings. The maximum Gasteiger partial charge on any atom is 0.267 e. The Kier molecular flexibility index (Phi) is 8.78. The van der Waals surface area contributed by atoms with E-state index >= 15 is 0 Å². The topological polar surface area (TPSA) is 66.4 Å². The zero-order valence-electron chi connectivity index (χ0n) is 12.2. The van der Waals surface area contributed by atoms with Gasteiger partial charge >= 0.3 is 0 Å². The lowest BCUT2D eigenvalue weighted by Crippen LogP contribution is -2.47. The standard InChI is InChI=1S/C13H27NO3S2/c1-4-5-6-7-8-9-10-12(18)14-13(2,3)11-19(15,16)17/h4-11H2,1-3H3,(H,14,18)(H,15,16,17). The smallest absolute Gasteiger partial charge is 0.267 e. The van der Waals surface area contributed by atoms with Crippen molar-refractivity contribution in [2.75, 3.05) is 5.75 Å². The maximum atomic E-state index is 10.9. The molecule has 0 saturated carbocycles. The Labute approximate surface area is 123 Å². The van der Waals surface area contributed by atoms with Crippen LogP contribution in [0.15, 0.2) is 0 Å². The molecule has 2 N–H and O–H groups in total. The lowest BCUT2D eigenvalue weighted by atomic mass is 10.1. The molecule has 0 heterocycles. The third-order valence-corrected chi connectivity index (χ3v) is 4.17. The molecule has 4 nitrogen and oxygen atoms in total. The molecule has 0 aromatic heterocycles. The Morgan fingerprint density at radius 2 is 1.68 bits per heavy atom. The first kappa shape index (κ1) is 18.8. The summed E-state index contributed by atoms with van der Waals surface area (Å²) in [5, 5.41) is 3.01. The van der Waals surface area contributed by atoms with E-state index in [0.29, 0.717) is 4.99 Å². The van der Waals surface area contributed by atoms with Crippen LogP contribution in [0.25, 0.3) is 0 Å². The van der Waals surface area contributed by atoms with E-state index in [1.165, 1.54) is 25.7 Å². The van der Waals surface area contributed by atoms with Gasteiger partial charge in [-0.3, -0.25) is 4.55 Å². The monoisotopic (exact) mass is 309 g/mol. The van der Waals surface area contributed by atoms with Gasteiger partial charge in [0.25, 0.3) is 10.1 Å². The van der Waals surface area contributed by atoms with Gasteiger partial charge in [0, 0.05) is 5.54 Å². The van der Waals surface area contributed by atoms with Crippen molar-refractivity contribution < 1.29 is 13.0 Å². The molecule has 0 fully saturated rings. The highest BCUT2D eigenvalue weighted by Crippen LogP contribution is 2.10. The van der Waals surface area contributed by atoms with Crippen LogP contribution in [-0.4, -0.2) is 29.3 Å². The molecule has 114 valence electrons. The molecule has 0 saturated heterocycles. The molecule has 0 radical (unpaired) electrons. The first-order chi connectivity index (χ1) is 8.66. The number of hydrogen-bond donors (Lipinski definition) is 2. The second-order valence-electron chi connectivity index (χ2n) is 5.68. The van der Waals surface area contributed by atoms with Crippen molar-refractivity contribution >= 4 is 27.3 Å².